The van der Waals surface area contributed by atoms with Crippen LogP contribution in [0.1, 0.15) is 36.8 Å². The van der Waals surface area contributed by atoms with Gasteiger partial charge in [-0.15, -0.1) is 0 Å². The van der Waals surface area contributed by atoms with Crippen molar-refractivity contribution in [3.63, 3.8) is 0 Å². The normalized spacial score (nSPS) is 14.2. The molecule has 0 aromatic heterocycles. The van der Waals surface area contributed by atoms with E-state index in [1.807, 2.05) is 30.3 Å². The highest BCUT2D eigenvalue weighted by Crippen LogP contribution is 2.28. The van der Waals surface area contributed by atoms with Crippen molar-refractivity contribution in [2.75, 3.05) is 6.61 Å². The lowest BCUT2D eigenvalue weighted by molar-refractivity contribution is -0.143. The Morgan fingerprint density at radius 3 is 2.46 bits per heavy atom. The van der Waals surface area contributed by atoms with E-state index in [2.05, 4.69) is 21.2 Å². The van der Waals surface area contributed by atoms with Crippen LogP contribution in [0.4, 0.5) is 4.39 Å². The maximum absolute atomic E-state index is 14.7. The molecule has 0 radical (unpaired) electrons. The molecule has 0 saturated heterocycles. The zero-order chi connectivity index (χ0) is 26.2. The number of carbonyl (C=O) groups is 2. The van der Waals surface area contributed by atoms with Gasteiger partial charge >= 0.3 is 0 Å². The van der Waals surface area contributed by atoms with Crippen LogP contribution in [0.5, 0.6) is 5.75 Å². The standard InChI is InChI=1S/C29H29BrClFN2O3/c30-24-17-22(31)14-15-27(24)37-19-28(35)34(18-21-10-4-7-13-25(21)32)26(16-20-8-2-1-3-9-20)29(36)33-23-11-5-6-12-23/h1-4,7-10,13-15,17,23,26H,5-6,11-12,16,18-19H2,(H,33,36)/t26-/m0/s1. The maximum Gasteiger partial charge on any atom is 0.261 e. The van der Waals surface area contributed by atoms with Crippen molar-refractivity contribution in [1.82, 2.24) is 10.2 Å². The Morgan fingerprint density at radius 2 is 1.76 bits per heavy atom. The molecule has 8 heteroatoms. The van der Waals surface area contributed by atoms with E-state index >= 15 is 0 Å². The van der Waals surface area contributed by atoms with E-state index in [0.29, 0.717) is 27.2 Å². The Hall–Kier alpha value is -2.90. The van der Waals surface area contributed by atoms with Gasteiger partial charge in [0.15, 0.2) is 6.61 Å². The van der Waals surface area contributed by atoms with Crippen LogP contribution in [0, 0.1) is 5.82 Å². The summed E-state index contributed by atoms with van der Waals surface area (Å²) in [5, 5.41) is 3.66. The molecule has 4 rings (SSSR count). The molecule has 1 N–H and O–H groups in total. The second kappa shape index (κ2) is 13.1. The summed E-state index contributed by atoms with van der Waals surface area (Å²) in [4.78, 5) is 28.7. The number of nitrogens with zero attached hydrogens (tertiary/aromatic N) is 1. The average Bonchev–Trinajstić information content (AvgIpc) is 3.40. The highest BCUT2D eigenvalue weighted by atomic mass is 79.9. The first-order valence-electron chi connectivity index (χ1n) is 12.4. The molecule has 3 aromatic rings. The van der Waals surface area contributed by atoms with Gasteiger partial charge in [0, 0.05) is 29.6 Å². The highest BCUT2D eigenvalue weighted by Gasteiger charge is 2.33. The lowest BCUT2D eigenvalue weighted by Gasteiger charge is -2.32. The topological polar surface area (TPSA) is 58.6 Å². The van der Waals surface area contributed by atoms with Crippen LogP contribution in [0.15, 0.2) is 77.3 Å². The van der Waals surface area contributed by atoms with Crippen molar-refractivity contribution >= 4 is 39.3 Å². The van der Waals surface area contributed by atoms with Crippen LogP contribution in [0.3, 0.4) is 0 Å². The van der Waals surface area contributed by atoms with Gasteiger partial charge < -0.3 is 15.0 Å². The van der Waals surface area contributed by atoms with E-state index in [1.54, 1.807) is 36.4 Å². The van der Waals surface area contributed by atoms with Gasteiger partial charge in [0.25, 0.3) is 5.91 Å². The van der Waals surface area contributed by atoms with Gasteiger partial charge in [-0.1, -0.05) is 73.0 Å². The van der Waals surface area contributed by atoms with Crippen molar-refractivity contribution in [2.24, 2.45) is 0 Å². The van der Waals surface area contributed by atoms with Crippen molar-refractivity contribution in [1.29, 1.82) is 0 Å². The van der Waals surface area contributed by atoms with Gasteiger partial charge in [-0.25, -0.2) is 4.39 Å². The van der Waals surface area contributed by atoms with E-state index in [1.165, 1.54) is 11.0 Å². The quantitative estimate of drug-likeness (QED) is 0.302. The SMILES string of the molecule is O=C(NC1CCCC1)[C@H](Cc1ccccc1)N(Cc1ccccc1F)C(=O)COc1ccc(Cl)cc1Br. The fourth-order valence-corrected chi connectivity index (χ4v) is 5.34. The van der Waals surface area contributed by atoms with E-state index < -0.39 is 17.8 Å². The third-order valence-corrected chi connectivity index (χ3v) is 7.37. The number of amides is 2. The summed E-state index contributed by atoms with van der Waals surface area (Å²) in [6, 6.07) is 20.1. The number of carbonyl (C=O) groups excluding carboxylic acids is 2. The number of halogens is 3. The fraction of sp³-hybridized carbons (Fsp3) is 0.310. The Bertz CT molecular complexity index is 1220. The smallest absolute Gasteiger partial charge is 0.261 e. The van der Waals surface area contributed by atoms with Crippen molar-refractivity contribution in [2.45, 2.75) is 50.7 Å². The fourth-order valence-electron chi connectivity index (χ4n) is 4.55. The van der Waals surface area contributed by atoms with E-state index in [9.17, 15) is 14.0 Å². The molecular formula is C29H29BrClFN2O3. The van der Waals surface area contributed by atoms with Gasteiger partial charge in [0.2, 0.25) is 5.91 Å². The lowest BCUT2D eigenvalue weighted by atomic mass is 10.0. The minimum Gasteiger partial charge on any atom is -0.483 e. The summed E-state index contributed by atoms with van der Waals surface area (Å²) in [6.07, 6.45) is 4.26. The molecule has 1 fully saturated rings. The predicted octanol–water partition coefficient (Wildman–Crippen LogP) is 6.32. The van der Waals surface area contributed by atoms with Crippen LogP contribution in [-0.2, 0) is 22.6 Å². The average molecular weight is 588 g/mol. The number of rotatable bonds is 10. The number of hydrogen-bond acceptors (Lipinski definition) is 3. The Labute approximate surface area is 230 Å². The van der Waals surface area contributed by atoms with E-state index in [0.717, 1.165) is 31.2 Å². The molecule has 2 amide bonds. The number of benzene rings is 3. The maximum atomic E-state index is 14.7. The second-order valence-corrected chi connectivity index (χ2v) is 10.5. The van der Waals surface area contributed by atoms with Crippen molar-refractivity contribution in [3.05, 3.63) is 99.2 Å². The molecule has 1 aliphatic rings. The summed E-state index contributed by atoms with van der Waals surface area (Å²) in [7, 11) is 0. The zero-order valence-electron chi connectivity index (χ0n) is 20.3. The van der Waals surface area contributed by atoms with Gasteiger partial charge in [0.1, 0.15) is 17.6 Å². The zero-order valence-corrected chi connectivity index (χ0v) is 22.7. The van der Waals surface area contributed by atoms with Crippen LogP contribution < -0.4 is 10.1 Å². The minimum atomic E-state index is -0.840. The van der Waals surface area contributed by atoms with Crippen molar-refractivity contribution in [3.8, 4) is 5.75 Å². The van der Waals surface area contributed by atoms with Gasteiger partial charge in [-0.3, -0.25) is 9.59 Å². The first-order chi connectivity index (χ1) is 17.9. The number of hydrogen-bond donors (Lipinski definition) is 1. The second-order valence-electron chi connectivity index (χ2n) is 9.17. The van der Waals surface area contributed by atoms with Gasteiger partial charge in [0.05, 0.1) is 4.47 Å². The largest absolute Gasteiger partial charge is 0.483 e. The molecule has 3 aromatic carbocycles. The van der Waals surface area contributed by atoms with E-state index in [4.69, 9.17) is 16.3 Å². The first-order valence-corrected chi connectivity index (χ1v) is 13.5. The summed E-state index contributed by atoms with van der Waals surface area (Å²) in [5.74, 6) is -0.657. The molecule has 1 saturated carbocycles. The first kappa shape index (κ1) is 27.1. The molecule has 194 valence electrons. The Morgan fingerprint density at radius 1 is 1.05 bits per heavy atom. The summed E-state index contributed by atoms with van der Waals surface area (Å²) < 4.78 is 21.1. The molecule has 0 spiro atoms. The molecule has 37 heavy (non-hydrogen) atoms. The number of nitrogens with one attached hydrogen (secondary N) is 1. The summed E-state index contributed by atoms with van der Waals surface area (Å²) in [6.45, 7) is -0.386. The Balaban J connectivity index is 1.63. The van der Waals surface area contributed by atoms with Gasteiger partial charge in [-0.05, 0) is 58.6 Å². The third-order valence-electron chi connectivity index (χ3n) is 6.52. The number of ether oxygens (including phenoxy) is 1. The molecule has 0 heterocycles. The molecular weight excluding hydrogens is 559 g/mol. The molecule has 0 unspecified atom stereocenters. The molecule has 0 aliphatic heterocycles. The van der Waals surface area contributed by atoms with E-state index in [-0.39, 0.29) is 25.1 Å². The molecule has 5 nitrogen and oxygen atoms in total. The minimum absolute atomic E-state index is 0.0633. The van der Waals surface area contributed by atoms with Gasteiger partial charge in [-0.2, -0.15) is 0 Å². The summed E-state index contributed by atoms with van der Waals surface area (Å²) in [5.41, 5.74) is 1.23. The Kier molecular flexibility index (Phi) is 9.58. The van der Waals surface area contributed by atoms with Crippen LogP contribution in [0.2, 0.25) is 5.02 Å². The summed E-state index contributed by atoms with van der Waals surface area (Å²) >= 11 is 9.41. The third kappa shape index (κ3) is 7.55. The highest BCUT2D eigenvalue weighted by molar-refractivity contribution is 9.10. The molecule has 1 atom stereocenters. The van der Waals surface area contributed by atoms with Crippen LogP contribution in [-0.4, -0.2) is 35.4 Å². The van der Waals surface area contributed by atoms with Crippen LogP contribution in [0.25, 0.3) is 0 Å². The molecule has 1 aliphatic carbocycles. The van der Waals surface area contributed by atoms with Crippen molar-refractivity contribution < 1.29 is 18.7 Å². The lowest BCUT2D eigenvalue weighted by Crippen LogP contribution is -2.53. The van der Waals surface area contributed by atoms with Crippen LogP contribution >= 0.6 is 27.5 Å². The molecule has 0 bridgehead atoms. The predicted molar refractivity (Wildman–Crippen MR) is 146 cm³/mol. The monoisotopic (exact) mass is 586 g/mol.